The first kappa shape index (κ1) is 4.32. The number of hydrogen-bond donors (Lipinski definition) is 0. The Morgan fingerprint density at radius 1 is 1.62 bits per heavy atom. The zero-order chi connectivity index (χ0) is 5.61. The van der Waals surface area contributed by atoms with Crippen LogP contribution < -0.4 is 0 Å². The lowest BCUT2D eigenvalue weighted by Crippen LogP contribution is -2.16. The van der Waals surface area contributed by atoms with Gasteiger partial charge in [0.2, 0.25) is 0 Å². The third kappa shape index (κ3) is 0.351. The van der Waals surface area contributed by atoms with Crippen LogP contribution in [0, 0.1) is 0 Å². The Hall–Kier alpha value is -0.570. The average Bonchev–Trinajstić information content (AvgIpc) is 2.39. The quantitative estimate of drug-likeness (QED) is 0.320. The number of carbonyl (C=O) groups is 1. The van der Waals surface area contributed by atoms with Crippen LogP contribution in [0.2, 0.25) is 0 Å². The van der Waals surface area contributed by atoms with E-state index in [1.807, 2.05) is 0 Å². The van der Waals surface area contributed by atoms with Gasteiger partial charge in [-0.2, -0.15) is 0 Å². The number of epoxide rings is 1. The molecule has 0 aliphatic carbocycles. The molecule has 0 radical (unpaired) electrons. The minimum atomic E-state index is -0.458. The van der Waals surface area contributed by atoms with E-state index in [1.165, 1.54) is 0 Å². The van der Waals surface area contributed by atoms with E-state index in [0.717, 1.165) is 6.42 Å². The molecule has 8 heavy (non-hydrogen) atoms. The number of carbonyl (C=O) groups excluding carboxylic acids is 1. The van der Waals surface area contributed by atoms with Crippen molar-refractivity contribution in [2.75, 3.05) is 13.2 Å². The summed E-state index contributed by atoms with van der Waals surface area (Å²) < 4.78 is 9.56. The first-order valence-electron chi connectivity index (χ1n) is 2.65. The summed E-state index contributed by atoms with van der Waals surface area (Å²) in [5.74, 6) is -0.169. The molecule has 2 saturated heterocycles. The fraction of sp³-hybridized carbons (Fsp3) is 0.800. The van der Waals surface area contributed by atoms with Gasteiger partial charge in [0, 0.05) is 6.42 Å². The zero-order valence-corrected chi connectivity index (χ0v) is 4.35. The van der Waals surface area contributed by atoms with E-state index in [1.54, 1.807) is 0 Å². The van der Waals surface area contributed by atoms with Gasteiger partial charge in [-0.15, -0.1) is 0 Å². The van der Waals surface area contributed by atoms with Crippen molar-refractivity contribution in [3.63, 3.8) is 0 Å². The molecular formula is C5H6O3. The summed E-state index contributed by atoms with van der Waals surface area (Å²) in [5, 5.41) is 0. The fourth-order valence-corrected chi connectivity index (χ4v) is 0.891. The standard InChI is InChI=1S/C5H6O3/c6-4-5(3-8-5)1-2-7-4/h1-3H2/t5-/m0/s1. The second kappa shape index (κ2) is 1.05. The van der Waals surface area contributed by atoms with Gasteiger partial charge in [-0.3, -0.25) is 0 Å². The molecule has 0 N–H and O–H groups in total. The van der Waals surface area contributed by atoms with Crippen molar-refractivity contribution in [3.05, 3.63) is 0 Å². The molecule has 0 saturated carbocycles. The third-order valence-corrected chi connectivity index (χ3v) is 1.60. The van der Waals surface area contributed by atoms with Crippen molar-refractivity contribution in [1.29, 1.82) is 0 Å². The van der Waals surface area contributed by atoms with E-state index in [4.69, 9.17) is 4.74 Å². The maximum Gasteiger partial charge on any atom is 0.340 e. The van der Waals surface area contributed by atoms with E-state index < -0.39 is 5.60 Å². The maximum absolute atomic E-state index is 10.6. The molecule has 0 aromatic heterocycles. The molecule has 2 rings (SSSR count). The predicted molar refractivity (Wildman–Crippen MR) is 24.3 cm³/mol. The normalized spacial score (nSPS) is 42.8. The summed E-state index contributed by atoms with van der Waals surface area (Å²) in [6, 6.07) is 0. The smallest absolute Gasteiger partial charge is 0.340 e. The van der Waals surface area contributed by atoms with Gasteiger partial charge >= 0.3 is 5.97 Å². The van der Waals surface area contributed by atoms with Crippen LogP contribution in [0.15, 0.2) is 0 Å². The van der Waals surface area contributed by atoms with Gasteiger partial charge in [0.15, 0.2) is 5.60 Å². The Labute approximate surface area is 46.6 Å². The van der Waals surface area contributed by atoms with Gasteiger partial charge in [-0.05, 0) is 0 Å². The van der Waals surface area contributed by atoms with Crippen LogP contribution in [-0.2, 0) is 14.3 Å². The summed E-state index contributed by atoms with van der Waals surface area (Å²) in [6.45, 7) is 1.12. The van der Waals surface area contributed by atoms with Gasteiger partial charge < -0.3 is 9.47 Å². The van der Waals surface area contributed by atoms with Crippen LogP contribution in [0.4, 0.5) is 0 Å². The zero-order valence-electron chi connectivity index (χ0n) is 4.35. The molecule has 2 heterocycles. The fourth-order valence-electron chi connectivity index (χ4n) is 0.891. The van der Waals surface area contributed by atoms with Crippen molar-refractivity contribution in [2.45, 2.75) is 12.0 Å². The lowest BCUT2D eigenvalue weighted by Gasteiger charge is -1.89. The highest BCUT2D eigenvalue weighted by Gasteiger charge is 2.57. The summed E-state index contributed by atoms with van der Waals surface area (Å²) >= 11 is 0. The van der Waals surface area contributed by atoms with Crippen LogP contribution in [0.25, 0.3) is 0 Å². The Morgan fingerprint density at radius 2 is 2.38 bits per heavy atom. The van der Waals surface area contributed by atoms with Gasteiger partial charge in [0.05, 0.1) is 13.2 Å². The molecule has 0 aromatic rings. The molecule has 0 unspecified atom stereocenters. The van der Waals surface area contributed by atoms with Crippen LogP contribution in [-0.4, -0.2) is 24.8 Å². The molecule has 0 aromatic carbocycles. The topological polar surface area (TPSA) is 38.8 Å². The minimum Gasteiger partial charge on any atom is -0.463 e. The summed E-state index contributed by atoms with van der Waals surface area (Å²) in [7, 11) is 0. The minimum absolute atomic E-state index is 0.169. The highest BCUT2D eigenvalue weighted by atomic mass is 16.7. The first-order chi connectivity index (χ1) is 3.83. The average molecular weight is 114 g/mol. The summed E-state index contributed by atoms with van der Waals surface area (Å²) in [6.07, 6.45) is 0.756. The lowest BCUT2D eigenvalue weighted by atomic mass is 10.1. The largest absolute Gasteiger partial charge is 0.463 e. The summed E-state index contributed by atoms with van der Waals surface area (Å²) in [4.78, 5) is 10.6. The number of hydrogen-bond acceptors (Lipinski definition) is 3. The molecule has 1 spiro atoms. The second-order valence-electron chi connectivity index (χ2n) is 2.17. The van der Waals surface area contributed by atoms with Gasteiger partial charge in [-0.25, -0.2) is 4.79 Å². The van der Waals surface area contributed by atoms with E-state index in [0.29, 0.717) is 13.2 Å². The van der Waals surface area contributed by atoms with Crippen LogP contribution in [0.1, 0.15) is 6.42 Å². The lowest BCUT2D eigenvalue weighted by molar-refractivity contribution is -0.142. The van der Waals surface area contributed by atoms with Crippen LogP contribution in [0.5, 0.6) is 0 Å². The Balaban J connectivity index is 2.23. The molecule has 3 nitrogen and oxygen atoms in total. The molecule has 1 atom stereocenters. The van der Waals surface area contributed by atoms with Gasteiger partial charge in [0.25, 0.3) is 0 Å². The maximum atomic E-state index is 10.6. The van der Waals surface area contributed by atoms with E-state index in [-0.39, 0.29) is 5.97 Å². The Kier molecular flexibility index (Phi) is 0.568. The first-order valence-corrected chi connectivity index (χ1v) is 2.65. The number of ether oxygens (including phenoxy) is 2. The monoisotopic (exact) mass is 114 g/mol. The second-order valence-corrected chi connectivity index (χ2v) is 2.17. The SMILES string of the molecule is O=C1OCC[C@]12CO2. The molecular weight excluding hydrogens is 108 g/mol. The summed E-state index contributed by atoms with van der Waals surface area (Å²) in [5.41, 5.74) is -0.458. The van der Waals surface area contributed by atoms with Crippen molar-refractivity contribution in [2.24, 2.45) is 0 Å². The highest BCUT2D eigenvalue weighted by Crippen LogP contribution is 2.36. The predicted octanol–water partition coefficient (Wildman–Crippen LogP) is -0.298. The highest BCUT2D eigenvalue weighted by molar-refractivity contribution is 5.84. The number of esters is 1. The van der Waals surface area contributed by atoms with E-state index in [9.17, 15) is 4.79 Å². The van der Waals surface area contributed by atoms with Gasteiger partial charge in [-0.1, -0.05) is 0 Å². The van der Waals surface area contributed by atoms with Crippen molar-refractivity contribution >= 4 is 5.97 Å². The molecule has 0 bridgehead atoms. The molecule has 0 amide bonds. The molecule has 2 aliphatic heterocycles. The van der Waals surface area contributed by atoms with E-state index >= 15 is 0 Å². The van der Waals surface area contributed by atoms with Crippen LogP contribution in [0.3, 0.4) is 0 Å². The third-order valence-electron chi connectivity index (χ3n) is 1.60. The van der Waals surface area contributed by atoms with Crippen LogP contribution >= 0.6 is 0 Å². The van der Waals surface area contributed by atoms with Crippen molar-refractivity contribution in [1.82, 2.24) is 0 Å². The molecule has 3 heteroatoms. The Bertz CT molecular complexity index is 137. The number of rotatable bonds is 0. The number of cyclic esters (lactones) is 1. The molecule has 44 valence electrons. The Morgan fingerprint density at radius 3 is 2.62 bits per heavy atom. The molecule has 2 fully saturated rings. The van der Waals surface area contributed by atoms with Crippen molar-refractivity contribution < 1.29 is 14.3 Å². The van der Waals surface area contributed by atoms with Crippen molar-refractivity contribution in [3.8, 4) is 0 Å². The van der Waals surface area contributed by atoms with Gasteiger partial charge in [0.1, 0.15) is 0 Å². The van der Waals surface area contributed by atoms with E-state index in [2.05, 4.69) is 4.74 Å². The molecule has 2 aliphatic rings.